The Balaban J connectivity index is 1.24. The zero-order valence-corrected chi connectivity index (χ0v) is 30.5. The van der Waals surface area contributed by atoms with E-state index in [1.807, 2.05) is 47.4 Å². The number of sulfonamides is 1. The lowest BCUT2D eigenvalue weighted by Gasteiger charge is -2.33. The zero-order valence-electron chi connectivity index (χ0n) is 29.7. The number of hydrogen-bond donors (Lipinski definition) is 3. The predicted octanol–water partition coefficient (Wildman–Crippen LogP) is 5.00. The lowest BCUT2D eigenvalue weighted by Crippen LogP contribution is -2.40. The molecule has 3 aliphatic rings. The van der Waals surface area contributed by atoms with Crippen LogP contribution < -0.4 is 21.5 Å². The van der Waals surface area contributed by atoms with Crippen molar-refractivity contribution in [1.29, 1.82) is 0 Å². The van der Waals surface area contributed by atoms with Gasteiger partial charge in [-0.2, -0.15) is 4.98 Å². The summed E-state index contributed by atoms with van der Waals surface area (Å²) in [6.07, 6.45) is 7.94. The van der Waals surface area contributed by atoms with E-state index in [0.29, 0.717) is 62.2 Å². The Morgan fingerprint density at radius 1 is 0.922 bits per heavy atom. The summed E-state index contributed by atoms with van der Waals surface area (Å²) in [6, 6.07) is 16.4. The number of piperidine rings is 3. The van der Waals surface area contributed by atoms with Gasteiger partial charge >= 0.3 is 0 Å². The van der Waals surface area contributed by atoms with Gasteiger partial charge in [0.25, 0.3) is 5.56 Å². The minimum absolute atomic E-state index is 0.0903. The van der Waals surface area contributed by atoms with Crippen LogP contribution in [0, 0.1) is 6.92 Å². The molecule has 0 spiro atoms. The van der Waals surface area contributed by atoms with Gasteiger partial charge in [0.2, 0.25) is 21.9 Å². The van der Waals surface area contributed by atoms with Crippen LogP contribution >= 0.6 is 0 Å². The second-order valence-electron chi connectivity index (χ2n) is 14.4. The molecular weight excluding hydrogens is 665 g/mol. The first-order valence-corrected chi connectivity index (χ1v) is 20.0. The maximum Gasteiger partial charge on any atom is 0.260 e. The van der Waals surface area contributed by atoms with Gasteiger partial charge < -0.3 is 20.9 Å². The number of likely N-dealkylation sites (tertiary alicyclic amines) is 1. The van der Waals surface area contributed by atoms with Crippen molar-refractivity contribution < 1.29 is 13.2 Å². The van der Waals surface area contributed by atoms with Crippen LogP contribution in [0.25, 0.3) is 22.2 Å². The standard InChI is InChI=1S/C38H48N8O4S/c1-25-6-11-33(34(21-25)27-12-17-44(18-13-27)26(2)47)35-22-28-23-40-38(42-30-9-7-29(8-10-30)41-31-5-4-16-39-24-31)43-36(28)46(37(35)48)32-14-19-45(20-15-32)51(3,49)50/h6-11,21-23,27,31-32,39,41H,4-5,12-20,24H2,1-3H3,(H,40,42,43). The van der Waals surface area contributed by atoms with Crippen LogP contribution in [0.5, 0.6) is 0 Å². The van der Waals surface area contributed by atoms with E-state index in [1.54, 1.807) is 17.7 Å². The number of anilines is 3. The van der Waals surface area contributed by atoms with E-state index in [-0.39, 0.29) is 23.4 Å². The average molecular weight is 713 g/mol. The van der Waals surface area contributed by atoms with Gasteiger partial charge in [-0.05, 0) is 99.4 Å². The highest BCUT2D eigenvalue weighted by atomic mass is 32.2. The van der Waals surface area contributed by atoms with E-state index >= 15 is 0 Å². The number of aryl methyl sites for hydroxylation is 1. The van der Waals surface area contributed by atoms with Crippen LogP contribution in [-0.2, 0) is 14.8 Å². The maximum absolute atomic E-state index is 14.8. The molecule has 2 aromatic heterocycles. The molecule has 1 unspecified atom stereocenters. The van der Waals surface area contributed by atoms with Crippen LogP contribution in [0.3, 0.4) is 0 Å². The third-order valence-electron chi connectivity index (χ3n) is 10.7. The summed E-state index contributed by atoms with van der Waals surface area (Å²) in [6.45, 7) is 7.74. The SMILES string of the molecule is CC(=O)N1CCC(c2cc(C)ccc2-c2cc3cnc(Nc4ccc(NC5CCCNC5)cc4)nc3n(C3CCN(S(C)(=O)=O)CC3)c2=O)CC1. The van der Waals surface area contributed by atoms with Gasteiger partial charge in [0.05, 0.1) is 6.26 Å². The summed E-state index contributed by atoms with van der Waals surface area (Å²) in [4.78, 5) is 38.3. The van der Waals surface area contributed by atoms with Crippen molar-refractivity contribution in [1.82, 2.24) is 29.1 Å². The number of nitrogens with zero attached hydrogens (tertiary/aromatic N) is 5. The van der Waals surface area contributed by atoms with Crippen LogP contribution in [0.15, 0.2) is 59.5 Å². The fraction of sp³-hybridized carbons (Fsp3) is 0.474. The number of hydrogen-bond acceptors (Lipinski definition) is 9. The Kier molecular flexibility index (Phi) is 10.1. The van der Waals surface area contributed by atoms with Crippen molar-refractivity contribution in [2.24, 2.45) is 0 Å². The monoisotopic (exact) mass is 712 g/mol. The molecule has 1 atom stereocenters. The van der Waals surface area contributed by atoms with E-state index in [0.717, 1.165) is 72.2 Å². The highest BCUT2D eigenvalue weighted by molar-refractivity contribution is 7.88. The van der Waals surface area contributed by atoms with Gasteiger partial charge in [0.15, 0.2) is 0 Å². The number of carbonyl (C=O) groups excluding carboxylic acids is 1. The summed E-state index contributed by atoms with van der Waals surface area (Å²) in [5.41, 5.74) is 5.95. The molecule has 3 saturated heterocycles. The molecule has 7 rings (SSSR count). The summed E-state index contributed by atoms with van der Waals surface area (Å²) in [7, 11) is -3.34. The van der Waals surface area contributed by atoms with E-state index in [2.05, 4.69) is 33.9 Å². The molecule has 5 heterocycles. The lowest BCUT2D eigenvalue weighted by molar-refractivity contribution is -0.129. The van der Waals surface area contributed by atoms with E-state index < -0.39 is 10.0 Å². The minimum atomic E-state index is -3.34. The third kappa shape index (κ3) is 7.80. The number of pyridine rings is 1. The number of benzene rings is 2. The first-order valence-electron chi connectivity index (χ1n) is 18.1. The number of rotatable bonds is 8. The number of fused-ring (bicyclic) bond motifs is 1. The Morgan fingerprint density at radius 2 is 1.65 bits per heavy atom. The molecule has 0 aliphatic carbocycles. The summed E-state index contributed by atoms with van der Waals surface area (Å²) >= 11 is 0. The van der Waals surface area contributed by atoms with Gasteiger partial charge in [0.1, 0.15) is 5.65 Å². The van der Waals surface area contributed by atoms with Crippen LogP contribution in [-0.4, -0.2) is 89.6 Å². The normalized spacial score (nSPS) is 19.7. The second kappa shape index (κ2) is 14.7. The molecule has 3 aliphatic heterocycles. The van der Waals surface area contributed by atoms with Gasteiger partial charge in [-0.3, -0.25) is 14.2 Å². The number of carbonyl (C=O) groups is 1. The predicted molar refractivity (Wildman–Crippen MR) is 202 cm³/mol. The molecule has 3 N–H and O–H groups in total. The molecule has 0 radical (unpaired) electrons. The van der Waals surface area contributed by atoms with Crippen LogP contribution in [0.1, 0.15) is 68.5 Å². The van der Waals surface area contributed by atoms with Crippen molar-refractivity contribution in [2.45, 2.75) is 70.4 Å². The number of nitrogens with one attached hydrogen (secondary N) is 3. The van der Waals surface area contributed by atoms with Crippen molar-refractivity contribution >= 4 is 44.3 Å². The Bertz CT molecular complexity index is 2060. The highest BCUT2D eigenvalue weighted by Crippen LogP contribution is 2.37. The van der Waals surface area contributed by atoms with Gasteiger partial charge in [0, 0.05) is 80.3 Å². The van der Waals surface area contributed by atoms with Crippen molar-refractivity contribution in [3.8, 4) is 11.1 Å². The first kappa shape index (κ1) is 35.1. The number of amides is 1. The fourth-order valence-electron chi connectivity index (χ4n) is 7.90. The fourth-order valence-corrected chi connectivity index (χ4v) is 8.78. The van der Waals surface area contributed by atoms with E-state index in [1.165, 1.54) is 10.6 Å². The smallest absolute Gasteiger partial charge is 0.260 e. The first-order chi connectivity index (χ1) is 24.5. The van der Waals surface area contributed by atoms with Gasteiger partial charge in [-0.15, -0.1) is 0 Å². The van der Waals surface area contributed by atoms with Crippen molar-refractivity contribution in [3.63, 3.8) is 0 Å². The lowest BCUT2D eigenvalue weighted by atomic mass is 9.83. The molecular formula is C38H48N8O4S. The highest BCUT2D eigenvalue weighted by Gasteiger charge is 2.30. The molecule has 51 heavy (non-hydrogen) atoms. The average Bonchev–Trinajstić information content (AvgIpc) is 3.12. The van der Waals surface area contributed by atoms with Gasteiger partial charge in [-0.1, -0.05) is 23.8 Å². The Hall–Kier alpha value is -4.33. The maximum atomic E-state index is 14.8. The Labute approximate surface area is 299 Å². The van der Waals surface area contributed by atoms with E-state index in [9.17, 15) is 18.0 Å². The molecule has 2 aromatic carbocycles. The van der Waals surface area contributed by atoms with Crippen LogP contribution in [0.2, 0.25) is 0 Å². The second-order valence-corrected chi connectivity index (χ2v) is 16.3. The third-order valence-corrected chi connectivity index (χ3v) is 12.0. The molecule has 1 amide bonds. The largest absolute Gasteiger partial charge is 0.381 e. The summed E-state index contributed by atoms with van der Waals surface area (Å²) < 4.78 is 28.0. The minimum Gasteiger partial charge on any atom is -0.381 e. The molecule has 0 bridgehead atoms. The number of aromatic nitrogens is 3. The quantitative estimate of drug-likeness (QED) is 0.230. The molecule has 12 nitrogen and oxygen atoms in total. The van der Waals surface area contributed by atoms with Gasteiger partial charge in [-0.25, -0.2) is 17.7 Å². The zero-order chi connectivity index (χ0) is 35.7. The summed E-state index contributed by atoms with van der Waals surface area (Å²) in [5, 5.41) is 11.1. The Morgan fingerprint density at radius 3 is 2.31 bits per heavy atom. The van der Waals surface area contributed by atoms with Crippen LogP contribution in [0.4, 0.5) is 17.3 Å². The molecule has 3 fully saturated rings. The van der Waals surface area contributed by atoms with Crippen molar-refractivity contribution in [2.75, 3.05) is 56.2 Å². The molecule has 0 saturated carbocycles. The molecule has 13 heteroatoms. The topological polar surface area (TPSA) is 142 Å². The molecule has 4 aromatic rings. The summed E-state index contributed by atoms with van der Waals surface area (Å²) in [5.74, 6) is 0.677. The molecule has 270 valence electrons. The van der Waals surface area contributed by atoms with E-state index in [4.69, 9.17) is 4.98 Å². The van der Waals surface area contributed by atoms with Crippen molar-refractivity contribution in [3.05, 3.63) is 76.2 Å².